The second-order valence-corrected chi connectivity index (χ2v) is 8.11. The van der Waals surface area contributed by atoms with E-state index in [4.69, 9.17) is 0 Å². The van der Waals surface area contributed by atoms with Crippen LogP contribution in [0.4, 0.5) is 5.69 Å². The van der Waals surface area contributed by atoms with Crippen LogP contribution < -0.4 is 4.90 Å². The van der Waals surface area contributed by atoms with Crippen LogP contribution in [0.3, 0.4) is 0 Å². The van der Waals surface area contributed by atoms with Gasteiger partial charge in [-0.2, -0.15) is 0 Å². The molecule has 0 radical (unpaired) electrons. The van der Waals surface area contributed by atoms with E-state index < -0.39 is 0 Å². The lowest BCUT2D eigenvalue weighted by molar-refractivity contribution is -0.109. The molecule has 0 unspecified atom stereocenters. The quantitative estimate of drug-likeness (QED) is 0.849. The first-order chi connectivity index (χ1) is 10.6. The van der Waals surface area contributed by atoms with Gasteiger partial charge in [-0.1, -0.05) is 17.7 Å². The first-order valence-corrected chi connectivity index (χ1v) is 8.84. The van der Waals surface area contributed by atoms with Crippen LogP contribution in [0.1, 0.15) is 18.4 Å². The molecule has 3 heterocycles. The predicted molar refractivity (Wildman–Crippen MR) is 92.5 cm³/mol. The summed E-state index contributed by atoms with van der Waals surface area (Å²) < 4.78 is 0. The zero-order valence-electron chi connectivity index (χ0n) is 14.1. The van der Waals surface area contributed by atoms with Crippen molar-refractivity contribution in [2.45, 2.75) is 19.8 Å². The Hall–Kier alpha value is -1.06. The highest BCUT2D eigenvalue weighted by Gasteiger charge is 2.50. The molecule has 0 bridgehead atoms. The normalized spacial score (nSPS) is 26.0. The number of likely N-dealkylation sites (tertiary alicyclic amines) is 2. The number of hydrogen-bond donors (Lipinski definition) is 0. The number of rotatable bonds is 3. The summed E-state index contributed by atoms with van der Waals surface area (Å²) in [5, 5.41) is 0. The van der Waals surface area contributed by atoms with Gasteiger partial charge < -0.3 is 14.7 Å². The van der Waals surface area contributed by atoms with Crippen LogP contribution in [-0.2, 0) is 0 Å². The van der Waals surface area contributed by atoms with Crippen LogP contribution in [0.25, 0.3) is 0 Å². The van der Waals surface area contributed by atoms with Gasteiger partial charge in [0, 0.05) is 56.9 Å². The van der Waals surface area contributed by atoms with Gasteiger partial charge in [-0.3, -0.25) is 0 Å². The highest BCUT2D eigenvalue weighted by molar-refractivity contribution is 5.47. The summed E-state index contributed by atoms with van der Waals surface area (Å²) in [7, 11) is 2.24. The zero-order chi connectivity index (χ0) is 15.2. The molecular formula is C19H29N3. The highest BCUT2D eigenvalue weighted by Crippen LogP contribution is 2.39. The minimum atomic E-state index is 0.692. The fourth-order valence-electron chi connectivity index (χ4n) is 4.82. The summed E-state index contributed by atoms with van der Waals surface area (Å²) in [6.07, 6.45) is 2.72. The lowest BCUT2D eigenvalue weighted by Gasteiger charge is -2.60. The molecule has 0 amide bonds. The molecule has 0 atom stereocenters. The van der Waals surface area contributed by atoms with Crippen molar-refractivity contribution >= 4 is 5.69 Å². The number of piperidine rings is 1. The maximum absolute atomic E-state index is 2.71. The van der Waals surface area contributed by atoms with Crippen molar-refractivity contribution in [2.75, 3.05) is 57.8 Å². The summed E-state index contributed by atoms with van der Waals surface area (Å²) >= 11 is 0. The average molecular weight is 299 g/mol. The number of hydrogen-bond acceptors (Lipinski definition) is 3. The fourth-order valence-corrected chi connectivity index (χ4v) is 4.82. The van der Waals surface area contributed by atoms with Crippen LogP contribution in [0.15, 0.2) is 24.3 Å². The molecule has 0 aromatic heterocycles. The molecule has 3 aliphatic heterocycles. The van der Waals surface area contributed by atoms with E-state index in [1.165, 1.54) is 69.9 Å². The maximum atomic E-state index is 2.71. The Morgan fingerprint density at radius 2 is 1.64 bits per heavy atom. The fraction of sp³-hybridized carbons (Fsp3) is 0.684. The highest BCUT2D eigenvalue weighted by atomic mass is 15.3. The van der Waals surface area contributed by atoms with Gasteiger partial charge in [0.1, 0.15) is 0 Å². The second kappa shape index (κ2) is 5.54. The Morgan fingerprint density at radius 1 is 1.00 bits per heavy atom. The van der Waals surface area contributed by atoms with Crippen LogP contribution in [0.5, 0.6) is 0 Å². The minimum Gasteiger partial charge on any atom is -0.372 e. The van der Waals surface area contributed by atoms with Crippen molar-refractivity contribution in [2.24, 2.45) is 11.3 Å². The Kier molecular flexibility index (Phi) is 3.66. The topological polar surface area (TPSA) is 9.72 Å². The summed E-state index contributed by atoms with van der Waals surface area (Å²) in [5.41, 5.74) is 3.45. The van der Waals surface area contributed by atoms with Crippen molar-refractivity contribution in [1.82, 2.24) is 9.80 Å². The van der Waals surface area contributed by atoms with Crippen molar-refractivity contribution < 1.29 is 0 Å². The van der Waals surface area contributed by atoms with E-state index in [0.717, 1.165) is 5.92 Å². The molecule has 120 valence electrons. The molecule has 4 rings (SSSR count). The third kappa shape index (κ3) is 2.77. The van der Waals surface area contributed by atoms with E-state index in [2.05, 4.69) is 52.9 Å². The molecule has 1 aromatic carbocycles. The smallest absolute Gasteiger partial charge is 0.0366 e. The molecule has 3 heteroatoms. The molecule has 1 aromatic rings. The second-order valence-electron chi connectivity index (χ2n) is 8.11. The lowest BCUT2D eigenvalue weighted by Crippen LogP contribution is -2.71. The van der Waals surface area contributed by atoms with Crippen molar-refractivity contribution in [3.8, 4) is 0 Å². The third-order valence-electron chi connectivity index (χ3n) is 5.86. The lowest BCUT2D eigenvalue weighted by atomic mass is 9.72. The molecule has 1 spiro atoms. The molecule has 0 saturated carbocycles. The van der Waals surface area contributed by atoms with E-state index >= 15 is 0 Å². The summed E-state index contributed by atoms with van der Waals surface area (Å²) in [5.74, 6) is 0.914. The van der Waals surface area contributed by atoms with E-state index in [1.54, 1.807) is 0 Å². The summed E-state index contributed by atoms with van der Waals surface area (Å²) in [6, 6.07) is 9.02. The number of nitrogens with zero attached hydrogens (tertiary/aromatic N) is 3. The van der Waals surface area contributed by atoms with E-state index in [9.17, 15) is 0 Å². The van der Waals surface area contributed by atoms with Gasteiger partial charge >= 0.3 is 0 Å². The maximum Gasteiger partial charge on any atom is 0.0366 e. The Labute approximate surface area is 134 Å². The molecule has 3 fully saturated rings. The first kappa shape index (κ1) is 14.5. The van der Waals surface area contributed by atoms with Crippen molar-refractivity contribution in [3.63, 3.8) is 0 Å². The van der Waals surface area contributed by atoms with Crippen LogP contribution in [0.2, 0.25) is 0 Å². The van der Waals surface area contributed by atoms with Gasteiger partial charge in [0.15, 0.2) is 0 Å². The Balaban J connectivity index is 1.22. The SMILES string of the molecule is Cc1ccc(N2CCC(CN3CC4(CN(C)C4)C3)CC2)cc1. The average Bonchev–Trinajstić information content (AvgIpc) is 2.45. The number of aryl methyl sites for hydroxylation is 1. The first-order valence-electron chi connectivity index (χ1n) is 8.84. The Morgan fingerprint density at radius 3 is 2.23 bits per heavy atom. The van der Waals surface area contributed by atoms with Crippen molar-refractivity contribution in [3.05, 3.63) is 29.8 Å². The van der Waals surface area contributed by atoms with Crippen LogP contribution >= 0.6 is 0 Å². The van der Waals surface area contributed by atoms with Crippen molar-refractivity contribution in [1.29, 1.82) is 0 Å². The Bertz CT molecular complexity index is 502. The van der Waals surface area contributed by atoms with Gasteiger partial charge in [-0.05, 0) is 44.9 Å². The zero-order valence-corrected chi connectivity index (χ0v) is 14.1. The molecule has 3 saturated heterocycles. The monoisotopic (exact) mass is 299 g/mol. The standard InChI is InChI=1S/C19H29N3/c1-16-3-5-18(6-4-16)22-9-7-17(8-10-22)11-21-14-19(15-21)12-20(2)13-19/h3-6,17H,7-15H2,1-2H3. The number of anilines is 1. The van der Waals surface area contributed by atoms with E-state index in [0.29, 0.717) is 5.41 Å². The molecule has 3 nitrogen and oxygen atoms in total. The van der Waals surface area contributed by atoms with Gasteiger partial charge in [0.05, 0.1) is 0 Å². The van der Waals surface area contributed by atoms with Gasteiger partial charge in [0.25, 0.3) is 0 Å². The summed E-state index contributed by atoms with van der Waals surface area (Å²) in [6.45, 7) is 11.3. The molecule has 3 aliphatic rings. The van der Waals surface area contributed by atoms with Gasteiger partial charge in [0.2, 0.25) is 0 Å². The largest absolute Gasteiger partial charge is 0.372 e. The van der Waals surface area contributed by atoms with E-state index in [-0.39, 0.29) is 0 Å². The molecular weight excluding hydrogens is 270 g/mol. The van der Waals surface area contributed by atoms with Crippen LogP contribution in [0, 0.1) is 18.3 Å². The summed E-state index contributed by atoms with van der Waals surface area (Å²) in [4.78, 5) is 7.73. The molecule has 0 aliphatic carbocycles. The molecule has 22 heavy (non-hydrogen) atoms. The van der Waals surface area contributed by atoms with Gasteiger partial charge in [-0.25, -0.2) is 0 Å². The van der Waals surface area contributed by atoms with Crippen LogP contribution in [-0.4, -0.2) is 62.7 Å². The third-order valence-corrected chi connectivity index (χ3v) is 5.86. The molecule has 0 N–H and O–H groups in total. The van der Waals surface area contributed by atoms with E-state index in [1.807, 2.05) is 0 Å². The van der Waals surface area contributed by atoms with Gasteiger partial charge in [-0.15, -0.1) is 0 Å². The minimum absolute atomic E-state index is 0.692. The number of benzene rings is 1. The predicted octanol–water partition coefficient (Wildman–Crippen LogP) is 2.46.